The van der Waals surface area contributed by atoms with Gasteiger partial charge < -0.3 is 14.8 Å². The number of carbonyl (C=O) groups excluding carboxylic acids is 2. The normalized spacial score (nSPS) is 13.0. The van der Waals surface area contributed by atoms with E-state index < -0.39 is 0 Å². The molecule has 130 valence electrons. The molecule has 0 atom stereocenters. The average molecular weight is 360 g/mol. The third kappa shape index (κ3) is 4.51. The van der Waals surface area contributed by atoms with Gasteiger partial charge in [-0.3, -0.25) is 9.59 Å². The Kier molecular flexibility index (Phi) is 5.56. The van der Waals surface area contributed by atoms with Gasteiger partial charge in [-0.1, -0.05) is 41.9 Å². The van der Waals surface area contributed by atoms with Crippen LogP contribution in [0.1, 0.15) is 29.6 Å². The highest BCUT2D eigenvalue weighted by atomic mass is 35.5. The number of anilines is 1. The molecule has 0 spiro atoms. The van der Waals surface area contributed by atoms with Gasteiger partial charge in [-0.25, -0.2) is 0 Å². The SMILES string of the molecule is O=C(CCC(=O)c1ccccc1)Nc1cc2c(cc1Cl)OCCCO2. The second-order valence-corrected chi connectivity index (χ2v) is 6.07. The van der Waals surface area contributed by atoms with E-state index in [1.165, 1.54) is 0 Å². The lowest BCUT2D eigenvalue weighted by atomic mass is 10.1. The van der Waals surface area contributed by atoms with Gasteiger partial charge in [0.1, 0.15) is 0 Å². The zero-order valence-electron chi connectivity index (χ0n) is 13.6. The number of ether oxygens (including phenoxy) is 2. The fourth-order valence-electron chi connectivity index (χ4n) is 2.49. The van der Waals surface area contributed by atoms with Gasteiger partial charge in [0.15, 0.2) is 17.3 Å². The third-order valence-corrected chi connectivity index (χ3v) is 4.10. The van der Waals surface area contributed by atoms with Crippen molar-refractivity contribution in [3.05, 3.63) is 53.1 Å². The zero-order chi connectivity index (χ0) is 17.6. The molecule has 1 aliphatic heterocycles. The number of Topliss-reactive ketones (excluding diaryl/α,β-unsaturated/α-hetero) is 1. The molecule has 1 heterocycles. The number of hydrogen-bond donors (Lipinski definition) is 1. The summed E-state index contributed by atoms with van der Waals surface area (Å²) in [6, 6.07) is 12.2. The van der Waals surface area contributed by atoms with E-state index in [-0.39, 0.29) is 24.5 Å². The summed E-state index contributed by atoms with van der Waals surface area (Å²) in [7, 11) is 0. The van der Waals surface area contributed by atoms with E-state index in [9.17, 15) is 9.59 Å². The van der Waals surface area contributed by atoms with Crippen LogP contribution in [0, 0.1) is 0 Å². The Morgan fingerprint density at radius 3 is 2.40 bits per heavy atom. The van der Waals surface area contributed by atoms with Crippen molar-refractivity contribution in [2.24, 2.45) is 0 Å². The average Bonchev–Trinajstić information content (AvgIpc) is 2.85. The Bertz CT molecular complexity index is 776. The number of benzene rings is 2. The van der Waals surface area contributed by atoms with E-state index >= 15 is 0 Å². The molecule has 0 aromatic heterocycles. The molecular formula is C19H18ClNO4. The van der Waals surface area contributed by atoms with Crippen LogP contribution in [0.5, 0.6) is 11.5 Å². The lowest BCUT2D eigenvalue weighted by Gasteiger charge is -2.12. The first kappa shape index (κ1) is 17.3. The summed E-state index contributed by atoms with van der Waals surface area (Å²) in [5.41, 5.74) is 1.05. The van der Waals surface area contributed by atoms with E-state index in [0.29, 0.717) is 41.0 Å². The molecule has 0 radical (unpaired) electrons. The smallest absolute Gasteiger partial charge is 0.224 e. The summed E-state index contributed by atoms with van der Waals surface area (Å²) in [6.07, 6.45) is 1.01. The summed E-state index contributed by atoms with van der Waals surface area (Å²) in [6.45, 7) is 1.12. The number of hydrogen-bond acceptors (Lipinski definition) is 4. The number of fused-ring (bicyclic) bond motifs is 1. The minimum atomic E-state index is -0.277. The monoisotopic (exact) mass is 359 g/mol. The van der Waals surface area contributed by atoms with Crippen molar-refractivity contribution in [2.45, 2.75) is 19.3 Å². The number of carbonyl (C=O) groups is 2. The summed E-state index contributed by atoms with van der Waals surface area (Å²) < 4.78 is 11.1. The molecule has 1 aliphatic rings. The van der Waals surface area contributed by atoms with E-state index in [2.05, 4.69) is 5.32 Å². The fraction of sp³-hybridized carbons (Fsp3) is 0.263. The Morgan fingerprint density at radius 1 is 1.00 bits per heavy atom. The molecule has 0 fully saturated rings. The highest BCUT2D eigenvalue weighted by molar-refractivity contribution is 6.34. The van der Waals surface area contributed by atoms with Crippen LogP contribution in [0.4, 0.5) is 5.69 Å². The molecule has 1 N–H and O–H groups in total. The highest BCUT2D eigenvalue weighted by Crippen LogP contribution is 2.37. The molecule has 1 amide bonds. The van der Waals surface area contributed by atoms with Crippen molar-refractivity contribution in [1.29, 1.82) is 0 Å². The molecule has 0 saturated carbocycles. The minimum absolute atomic E-state index is 0.0690. The second kappa shape index (κ2) is 8.03. The van der Waals surface area contributed by atoms with Crippen molar-refractivity contribution in [3.8, 4) is 11.5 Å². The molecule has 3 rings (SSSR count). The minimum Gasteiger partial charge on any atom is -0.490 e. The van der Waals surface area contributed by atoms with Crippen LogP contribution >= 0.6 is 11.6 Å². The first-order chi connectivity index (χ1) is 12.1. The van der Waals surface area contributed by atoms with Crippen LogP contribution in [0.2, 0.25) is 5.02 Å². The number of nitrogens with one attached hydrogen (secondary N) is 1. The molecule has 0 bridgehead atoms. The number of rotatable bonds is 5. The fourth-order valence-corrected chi connectivity index (χ4v) is 2.69. The Balaban J connectivity index is 1.61. The summed E-state index contributed by atoms with van der Waals surface area (Å²) in [4.78, 5) is 24.2. The second-order valence-electron chi connectivity index (χ2n) is 5.67. The van der Waals surface area contributed by atoms with Crippen LogP contribution in [-0.4, -0.2) is 24.9 Å². The number of ketones is 1. The molecule has 0 saturated heterocycles. The molecule has 6 heteroatoms. The summed E-state index contributed by atoms with van der Waals surface area (Å²) in [5, 5.41) is 3.10. The maximum absolute atomic E-state index is 12.1. The topological polar surface area (TPSA) is 64.6 Å². The Hall–Kier alpha value is -2.53. The Morgan fingerprint density at radius 2 is 1.68 bits per heavy atom. The predicted molar refractivity (Wildman–Crippen MR) is 95.7 cm³/mol. The summed E-state index contributed by atoms with van der Waals surface area (Å²) in [5.74, 6) is 0.776. The zero-order valence-corrected chi connectivity index (χ0v) is 14.3. The lowest BCUT2D eigenvalue weighted by molar-refractivity contribution is -0.116. The number of halogens is 1. The van der Waals surface area contributed by atoms with Crippen molar-refractivity contribution in [3.63, 3.8) is 0 Å². The van der Waals surface area contributed by atoms with E-state index in [0.717, 1.165) is 6.42 Å². The van der Waals surface area contributed by atoms with Crippen LogP contribution in [0.3, 0.4) is 0 Å². The van der Waals surface area contributed by atoms with Gasteiger partial charge in [0, 0.05) is 37.0 Å². The van der Waals surface area contributed by atoms with E-state index in [1.807, 2.05) is 6.07 Å². The van der Waals surface area contributed by atoms with Gasteiger partial charge >= 0.3 is 0 Å². The van der Waals surface area contributed by atoms with Crippen molar-refractivity contribution < 1.29 is 19.1 Å². The first-order valence-corrected chi connectivity index (χ1v) is 8.48. The van der Waals surface area contributed by atoms with Gasteiger partial charge in [-0.15, -0.1) is 0 Å². The standard InChI is InChI=1S/C19H18ClNO4/c20-14-11-17-18(25-10-4-9-24-17)12-15(14)21-19(23)8-7-16(22)13-5-2-1-3-6-13/h1-3,5-6,11-12H,4,7-10H2,(H,21,23). The molecule has 25 heavy (non-hydrogen) atoms. The van der Waals surface area contributed by atoms with Gasteiger partial charge in [0.2, 0.25) is 5.91 Å². The van der Waals surface area contributed by atoms with Gasteiger partial charge in [-0.05, 0) is 0 Å². The van der Waals surface area contributed by atoms with Gasteiger partial charge in [0.05, 0.1) is 23.9 Å². The predicted octanol–water partition coefficient (Wildman–Crippen LogP) is 4.10. The molecule has 0 unspecified atom stereocenters. The molecule has 5 nitrogen and oxygen atoms in total. The molecule has 0 aliphatic carbocycles. The lowest BCUT2D eigenvalue weighted by Crippen LogP contribution is -2.14. The van der Waals surface area contributed by atoms with Gasteiger partial charge in [0.25, 0.3) is 0 Å². The van der Waals surface area contributed by atoms with Crippen LogP contribution < -0.4 is 14.8 Å². The largest absolute Gasteiger partial charge is 0.490 e. The maximum Gasteiger partial charge on any atom is 0.224 e. The van der Waals surface area contributed by atoms with Crippen molar-refractivity contribution >= 4 is 29.0 Å². The third-order valence-electron chi connectivity index (χ3n) is 3.79. The molecule has 2 aromatic carbocycles. The molecular weight excluding hydrogens is 342 g/mol. The van der Waals surface area contributed by atoms with Gasteiger partial charge in [-0.2, -0.15) is 0 Å². The molecule has 2 aromatic rings. The number of amides is 1. The van der Waals surface area contributed by atoms with Crippen LogP contribution in [0.15, 0.2) is 42.5 Å². The van der Waals surface area contributed by atoms with Crippen molar-refractivity contribution in [2.75, 3.05) is 18.5 Å². The highest BCUT2D eigenvalue weighted by Gasteiger charge is 2.16. The quantitative estimate of drug-likeness (QED) is 0.816. The van der Waals surface area contributed by atoms with E-state index in [4.69, 9.17) is 21.1 Å². The van der Waals surface area contributed by atoms with Crippen molar-refractivity contribution in [1.82, 2.24) is 0 Å². The van der Waals surface area contributed by atoms with Crippen LogP contribution in [0.25, 0.3) is 0 Å². The summed E-state index contributed by atoms with van der Waals surface area (Å²) >= 11 is 6.20. The Labute approximate surface area is 150 Å². The first-order valence-electron chi connectivity index (χ1n) is 8.11. The maximum atomic E-state index is 12.1. The van der Waals surface area contributed by atoms with Crippen LogP contribution in [-0.2, 0) is 4.79 Å². The van der Waals surface area contributed by atoms with E-state index in [1.54, 1.807) is 36.4 Å².